The number of hydrogen-bond acceptors (Lipinski definition) is 2. The highest BCUT2D eigenvalue weighted by atomic mass is 28.4. The molecule has 0 N–H and O–H groups in total. The van der Waals surface area contributed by atoms with Crippen LogP contribution in [0, 0.1) is 6.92 Å². The van der Waals surface area contributed by atoms with E-state index in [0.29, 0.717) is 6.61 Å². The van der Waals surface area contributed by atoms with Crippen LogP contribution >= 0.6 is 0 Å². The fourth-order valence-corrected chi connectivity index (χ4v) is 8.12. The standard InChI is InChI=1S/C34H48O2Si/c1-4-5-6-7-8-9-10-11-12-15-20-32(29-35-31-27-25-30(2)26-28-31)36-37(3,33-21-16-13-17-22-33)34-23-18-14-19-24-34/h13-14,16-19,21-28,32H,4-12,15,20,29H2,1-3H3. The predicted molar refractivity (Wildman–Crippen MR) is 162 cm³/mol. The molecule has 3 aromatic rings. The minimum absolute atomic E-state index is 0.0624. The monoisotopic (exact) mass is 516 g/mol. The van der Waals surface area contributed by atoms with Gasteiger partial charge < -0.3 is 9.16 Å². The zero-order valence-electron chi connectivity index (χ0n) is 23.5. The van der Waals surface area contributed by atoms with Crippen molar-refractivity contribution in [2.45, 2.75) is 97.1 Å². The van der Waals surface area contributed by atoms with E-state index in [1.54, 1.807) is 0 Å². The van der Waals surface area contributed by atoms with E-state index in [-0.39, 0.29) is 6.10 Å². The van der Waals surface area contributed by atoms with Crippen molar-refractivity contribution < 1.29 is 9.16 Å². The molecule has 3 heteroatoms. The van der Waals surface area contributed by atoms with Crippen LogP contribution in [0.4, 0.5) is 0 Å². The summed E-state index contributed by atoms with van der Waals surface area (Å²) in [6.07, 6.45) is 14.5. The second-order valence-electron chi connectivity index (χ2n) is 10.6. The lowest BCUT2D eigenvalue weighted by Gasteiger charge is -2.33. The van der Waals surface area contributed by atoms with Crippen molar-refractivity contribution in [3.63, 3.8) is 0 Å². The van der Waals surface area contributed by atoms with Crippen LogP contribution in [0.15, 0.2) is 84.9 Å². The lowest BCUT2D eigenvalue weighted by atomic mass is 10.0. The second kappa shape index (κ2) is 16.5. The summed E-state index contributed by atoms with van der Waals surface area (Å²) in [4.78, 5) is 0. The Labute approximate surface area is 227 Å². The first-order chi connectivity index (χ1) is 18.1. The van der Waals surface area contributed by atoms with E-state index in [2.05, 4.69) is 105 Å². The van der Waals surface area contributed by atoms with Crippen molar-refractivity contribution in [3.05, 3.63) is 90.5 Å². The van der Waals surface area contributed by atoms with E-state index >= 15 is 0 Å². The Kier molecular flexibility index (Phi) is 13.0. The Morgan fingerprint density at radius 2 is 1.11 bits per heavy atom. The molecule has 37 heavy (non-hydrogen) atoms. The summed E-state index contributed by atoms with van der Waals surface area (Å²) >= 11 is 0. The maximum Gasteiger partial charge on any atom is 0.253 e. The Morgan fingerprint density at radius 1 is 0.622 bits per heavy atom. The molecule has 0 radical (unpaired) electrons. The van der Waals surface area contributed by atoms with Crippen LogP contribution < -0.4 is 15.1 Å². The van der Waals surface area contributed by atoms with Gasteiger partial charge in [0.2, 0.25) is 0 Å². The molecular formula is C34H48O2Si. The van der Waals surface area contributed by atoms with Gasteiger partial charge in [0.1, 0.15) is 12.4 Å². The van der Waals surface area contributed by atoms with E-state index in [1.807, 2.05) is 0 Å². The Bertz CT molecular complexity index is 932. The Balaban J connectivity index is 1.62. The molecule has 0 aliphatic carbocycles. The minimum atomic E-state index is -2.39. The average molecular weight is 517 g/mol. The fraction of sp³-hybridized carbons (Fsp3) is 0.471. The van der Waals surface area contributed by atoms with Gasteiger partial charge in [0, 0.05) is 0 Å². The van der Waals surface area contributed by atoms with E-state index in [1.165, 1.54) is 80.1 Å². The zero-order chi connectivity index (χ0) is 26.2. The van der Waals surface area contributed by atoms with E-state index in [4.69, 9.17) is 9.16 Å². The van der Waals surface area contributed by atoms with Gasteiger partial charge in [-0.2, -0.15) is 0 Å². The SMILES string of the molecule is CCCCCCCCCCCCC(COc1ccc(C)cc1)O[Si](C)(c1ccccc1)c1ccccc1. The smallest absolute Gasteiger partial charge is 0.253 e. The molecule has 3 rings (SSSR count). The van der Waals surface area contributed by atoms with Crippen LogP contribution in [0.5, 0.6) is 5.75 Å². The molecule has 1 atom stereocenters. The van der Waals surface area contributed by atoms with E-state index in [0.717, 1.165) is 12.2 Å². The van der Waals surface area contributed by atoms with Gasteiger partial charge in [-0.1, -0.05) is 149 Å². The molecule has 0 fully saturated rings. The summed E-state index contributed by atoms with van der Waals surface area (Å²) in [5.41, 5.74) is 1.25. The molecule has 0 bridgehead atoms. The molecule has 1 unspecified atom stereocenters. The topological polar surface area (TPSA) is 18.5 Å². The van der Waals surface area contributed by atoms with Crippen molar-refractivity contribution in [2.24, 2.45) is 0 Å². The van der Waals surface area contributed by atoms with Gasteiger partial charge in [0.25, 0.3) is 8.32 Å². The first-order valence-corrected chi connectivity index (χ1v) is 17.0. The summed E-state index contributed by atoms with van der Waals surface area (Å²) in [6, 6.07) is 30.0. The van der Waals surface area contributed by atoms with Gasteiger partial charge in [-0.25, -0.2) is 0 Å². The molecule has 200 valence electrons. The molecule has 0 saturated heterocycles. The van der Waals surface area contributed by atoms with Gasteiger partial charge in [0.15, 0.2) is 0 Å². The van der Waals surface area contributed by atoms with Gasteiger partial charge >= 0.3 is 0 Å². The van der Waals surface area contributed by atoms with Crippen molar-refractivity contribution >= 4 is 18.7 Å². The van der Waals surface area contributed by atoms with Crippen molar-refractivity contribution in [3.8, 4) is 5.75 Å². The molecule has 0 heterocycles. The number of unbranched alkanes of at least 4 members (excludes halogenated alkanes) is 9. The van der Waals surface area contributed by atoms with Crippen LogP contribution in [0.1, 0.15) is 83.1 Å². The molecule has 2 nitrogen and oxygen atoms in total. The highest BCUT2D eigenvalue weighted by molar-refractivity contribution is 6.96. The normalized spacial score (nSPS) is 12.4. The third-order valence-electron chi connectivity index (χ3n) is 7.39. The number of ether oxygens (including phenoxy) is 1. The van der Waals surface area contributed by atoms with Crippen molar-refractivity contribution in [1.29, 1.82) is 0 Å². The zero-order valence-corrected chi connectivity index (χ0v) is 24.5. The minimum Gasteiger partial charge on any atom is -0.491 e. The largest absolute Gasteiger partial charge is 0.491 e. The van der Waals surface area contributed by atoms with Crippen molar-refractivity contribution in [1.82, 2.24) is 0 Å². The molecule has 0 aliphatic rings. The van der Waals surface area contributed by atoms with Crippen LogP contribution in [0.3, 0.4) is 0 Å². The molecular weight excluding hydrogens is 468 g/mol. The van der Waals surface area contributed by atoms with Gasteiger partial charge in [-0.15, -0.1) is 0 Å². The van der Waals surface area contributed by atoms with Crippen LogP contribution in [-0.4, -0.2) is 21.0 Å². The number of aryl methyl sites for hydroxylation is 1. The van der Waals surface area contributed by atoms with Gasteiger partial charge in [-0.05, 0) is 42.4 Å². The van der Waals surface area contributed by atoms with Crippen molar-refractivity contribution in [2.75, 3.05) is 6.61 Å². The second-order valence-corrected chi connectivity index (χ2v) is 14.1. The molecule has 0 aliphatic heterocycles. The quantitative estimate of drug-likeness (QED) is 0.125. The van der Waals surface area contributed by atoms with Gasteiger partial charge in [0.05, 0.1) is 6.10 Å². The Morgan fingerprint density at radius 3 is 1.62 bits per heavy atom. The average Bonchev–Trinajstić information content (AvgIpc) is 2.94. The van der Waals surface area contributed by atoms with E-state index < -0.39 is 8.32 Å². The summed E-state index contributed by atoms with van der Waals surface area (Å²) in [6.45, 7) is 7.32. The maximum absolute atomic E-state index is 7.15. The third-order valence-corrected chi connectivity index (χ3v) is 11.1. The number of benzene rings is 3. The fourth-order valence-electron chi connectivity index (χ4n) is 5.01. The first-order valence-electron chi connectivity index (χ1n) is 14.6. The summed E-state index contributed by atoms with van der Waals surface area (Å²) in [7, 11) is -2.39. The summed E-state index contributed by atoms with van der Waals surface area (Å²) in [5.74, 6) is 0.921. The third kappa shape index (κ3) is 10.1. The predicted octanol–water partition coefficient (Wildman–Crippen LogP) is 8.46. The first kappa shape index (κ1) is 29.2. The van der Waals surface area contributed by atoms with E-state index in [9.17, 15) is 0 Å². The number of hydrogen-bond donors (Lipinski definition) is 0. The highest BCUT2D eigenvalue weighted by Crippen LogP contribution is 2.19. The maximum atomic E-state index is 7.15. The molecule has 0 amide bonds. The Hall–Kier alpha value is -2.36. The molecule has 0 saturated carbocycles. The number of rotatable bonds is 18. The molecule has 0 spiro atoms. The van der Waals surface area contributed by atoms with Crippen LogP contribution in [0.25, 0.3) is 0 Å². The van der Waals surface area contributed by atoms with Gasteiger partial charge in [-0.3, -0.25) is 0 Å². The van der Waals surface area contributed by atoms with Crippen LogP contribution in [0.2, 0.25) is 6.55 Å². The lowest BCUT2D eigenvalue weighted by molar-refractivity contribution is 0.116. The highest BCUT2D eigenvalue weighted by Gasteiger charge is 2.36. The van der Waals surface area contributed by atoms with Crippen LogP contribution in [-0.2, 0) is 4.43 Å². The summed E-state index contributed by atoms with van der Waals surface area (Å²) in [5, 5.41) is 2.62. The summed E-state index contributed by atoms with van der Waals surface area (Å²) < 4.78 is 13.4. The molecule has 0 aromatic heterocycles. The molecule has 3 aromatic carbocycles. The lowest BCUT2D eigenvalue weighted by Crippen LogP contribution is -2.60.